The number of hydrogen-bond donors (Lipinski definition) is 5. The quantitative estimate of drug-likeness (QED) is 0.161. The number of nitrogens with two attached hydrogens (primary N) is 2. The van der Waals surface area contributed by atoms with Crippen molar-refractivity contribution < 1.29 is 15.3 Å². The van der Waals surface area contributed by atoms with Crippen molar-refractivity contribution in [3.8, 4) is 0 Å². The number of para-hydroxylation sites is 1. The molecule has 7 heteroatoms. The van der Waals surface area contributed by atoms with E-state index < -0.39 is 5.91 Å². The van der Waals surface area contributed by atoms with Gasteiger partial charge in [-0.2, -0.15) is 0 Å². The summed E-state index contributed by atoms with van der Waals surface area (Å²) in [6, 6.07) is 7.08. The van der Waals surface area contributed by atoms with Crippen LogP contribution in [-0.4, -0.2) is 29.1 Å². The molecule has 0 fully saturated rings. The van der Waals surface area contributed by atoms with E-state index in [0.29, 0.717) is 17.1 Å². The van der Waals surface area contributed by atoms with Gasteiger partial charge in [0.05, 0.1) is 5.69 Å². The largest absolute Gasteiger partial charge is 0.502 e. The molecule has 0 saturated carbocycles. The summed E-state index contributed by atoms with van der Waals surface area (Å²) in [6.07, 6.45) is 0.771. The summed E-state index contributed by atoms with van der Waals surface area (Å²) in [5, 5.41) is 19.3. The molecule has 1 aromatic rings. The molecule has 0 atom stereocenters. The van der Waals surface area contributed by atoms with Gasteiger partial charge in [0.15, 0.2) is 5.76 Å². The zero-order valence-electron chi connectivity index (χ0n) is 16.7. The highest BCUT2D eigenvalue weighted by Crippen LogP contribution is 2.23. The summed E-state index contributed by atoms with van der Waals surface area (Å²) < 4.78 is 0. The summed E-state index contributed by atoms with van der Waals surface area (Å²) in [4.78, 5) is 17.6. The molecule has 6 nitrogen and oxygen atoms in total. The zero-order chi connectivity index (χ0) is 20.8. The van der Waals surface area contributed by atoms with E-state index in [0.717, 1.165) is 6.42 Å². The maximum atomic E-state index is 12.7. The van der Waals surface area contributed by atoms with E-state index in [1.54, 1.807) is 18.2 Å². The molecule has 0 aliphatic carbocycles. The Bertz CT molecular complexity index is 761. The lowest BCUT2D eigenvalue weighted by Crippen LogP contribution is -2.46. The molecule has 1 rings (SSSR count). The number of aliphatic hydroxyl groups excluding tert-OH is 1. The molecule has 27 heavy (non-hydrogen) atoms. The monoisotopic (exact) mass is 391 g/mol. The van der Waals surface area contributed by atoms with E-state index in [1.165, 1.54) is 0 Å². The van der Waals surface area contributed by atoms with E-state index in [1.807, 2.05) is 19.9 Å². The number of thiol groups is 1. The highest BCUT2D eigenvalue weighted by Gasteiger charge is 2.27. The predicted octanol–water partition coefficient (Wildman–Crippen LogP) is 2.18. The van der Waals surface area contributed by atoms with Gasteiger partial charge >= 0.3 is 0 Å². The van der Waals surface area contributed by atoms with Crippen molar-refractivity contribution in [1.82, 2.24) is 5.32 Å². The Hall–Kier alpha value is -2.28. The number of amides is 1. The molecule has 0 heterocycles. The van der Waals surface area contributed by atoms with Gasteiger partial charge in [0, 0.05) is 17.4 Å². The van der Waals surface area contributed by atoms with Crippen molar-refractivity contribution in [1.29, 1.82) is 0 Å². The molecule has 0 aliphatic rings. The fraction of sp³-hybridized carbons (Fsp3) is 0.450. The van der Waals surface area contributed by atoms with Gasteiger partial charge in [0.1, 0.15) is 11.4 Å². The van der Waals surface area contributed by atoms with Gasteiger partial charge in [-0.25, -0.2) is 4.99 Å². The lowest BCUT2D eigenvalue weighted by Gasteiger charge is -2.18. The number of aliphatic imine (C=N–C) groups is 1. The minimum Gasteiger partial charge on any atom is -0.502 e. The number of benzene rings is 1. The molecule has 0 aromatic heterocycles. The first-order chi connectivity index (χ1) is 12.4. The van der Waals surface area contributed by atoms with E-state index in [-0.39, 0.29) is 34.2 Å². The Kier molecular flexibility index (Phi) is 8.09. The van der Waals surface area contributed by atoms with Gasteiger partial charge in [-0.05, 0) is 24.0 Å². The summed E-state index contributed by atoms with van der Waals surface area (Å²) in [6.45, 7) is 10.3. The first-order valence-electron chi connectivity index (χ1n) is 8.90. The number of allylic oxidation sites excluding steroid dienone is 1. The van der Waals surface area contributed by atoms with Crippen LogP contribution < -0.4 is 16.5 Å². The lowest BCUT2D eigenvalue weighted by atomic mass is 9.92. The number of nitrogens with zero attached hydrogens (tertiary/aromatic N) is 1. The summed E-state index contributed by atoms with van der Waals surface area (Å²) in [5.74, 6) is -1.15. The zero-order valence-corrected chi connectivity index (χ0v) is 17.6. The number of carbonyl (C=O) groups is 1. The van der Waals surface area contributed by atoms with Crippen molar-refractivity contribution >= 4 is 35.8 Å². The Balaban J connectivity index is 3.26. The number of aliphatic hydroxyl groups is 1. The standard InChI is InChI=1S/C20H30N4O2S/c1-12(2)16(21)17(25)15(19(26)23-11-10-20(3,4)5)18(22)24-13-8-6-7-9-14(13)27/h6-9,12,21,25,27H,10-11H2,1-5H3,(H2,22,24)(H,23,26)/p+1/b17-15+,21-16?. The van der Waals surface area contributed by atoms with Crippen LogP contribution in [0.2, 0.25) is 0 Å². The van der Waals surface area contributed by atoms with Crippen molar-refractivity contribution in [2.45, 2.75) is 45.9 Å². The van der Waals surface area contributed by atoms with Crippen LogP contribution in [0.4, 0.5) is 5.69 Å². The highest BCUT2D eigenvalue weighted by molar-refractivity contribution is 7.80. The second kappa shape index (κ2) is 9.60. The summed E-state index contributed by atoms with van der Waals surface area (Å²) in [5.41, 5.74) is 6.68. The Morgan fingerprint density at radius 1 is 1.33 bits per heavy atom. The van der Waals surface area contributed by atoms with E-state index in [4.69, 9.17) is 11.1 Å². The lowest BCUT2D eigenvalue weighted by molar-refractivity contribution is -0.122. The van der Waals surface area contributed by atoms with Crippen LogP contribution >= 0.6 is 12.6 Å². The maximum Gasteiger partial charge on any atom is 0.259 e. The number of carbonyl (C=O) groups excluding carboxylic acids is 1. The van der Waals surface area contributed by atoms with Gasteiger partial charge in [-0.1, -0.05) is 46.8 Å². The van der Waals surface area contributed by atoms with E-state index in [2.05, 4.69) is 43.7 Å². The third-order valence-electron chi connectivity index (χ3n) is 3.90. The fourth-order valence-electron chi connectivity index (χ4n) is 2.15. The minimum atomic E-state index is -0.516. The van der Waals surface area contributed by atoms with Crippen LogP contribution in [0.15, 0.2) is 45.5 Å². The molecule has 1 amide bonds. The van der Waals surface area contributed by atoms with Crippen molar-refractivity contribution in [3.63, 3.8) is 0 Å². The Labute approximate surface area is 166 Å². The second-order valence-electron chi connectivity index (χ2n) is 7.89. The average Bonchev–Trinajstić information content (AvgIpc) is 2.55. The van der Waals surface area contributed by atoms with Gasteiger partial charge in [0.25, 0.3) is 5.91 Å². The SMILES string of the molecule is CC(C)C(=[NH2+])/C(O)=C(\C(=O)NCCC(C)(C)C)C(N)=Nc1ccccc1S. The van der Waals surface area contributed by atoms with Crippen LogP contribution in [0.5, 0.6) is 0 Å². The van der Waals surface area contributed by atoms with Crippen LogP contribution in [0, 0.1) is 11.3 Å². The molecule has 6 N–H and O–H groups in total. The third-order valence-corrected chi connectivity index (χ3v) is 4.28. The van der Waals surface area contributed by atoms with Gasteiger partial charge < -0.3 is 16.2 Å². The number of nitrogens with one attached hydrogen (secondary N) is 1. The first kappa shape index (κ1) is 22.8. The van der Waals surface area contributed by atoms with Crippen LogP contribution in [0.25, 0.3) is 0 Å². The maximum absolute atomic E-state index is 12.7. The van der Waals surface area contributed by atoms with Crippen LogP contribution in [0.3, 0.4) is 0 Å². The molecule has 1 aromatic carbocycles. The molecule has 148 valence electrons. The molecular weight excluding hydrogens is 360 g/mol. The molecule has 0 radical (unpaired) electrons. The van der Waals surface area contributed by atoms with E-state index in [9.17, 15) is 9.90 Å². The topological polar surface area (TPSA) is 113 Å². The summed E-state index contributed by atoms with van der Waals surface area (Å²) in [7, 11) is 0. The number of hydrogen-bond acceptors (Lipinski definition) is 4. The average molecular weight is 392 g/mol. The first-order valence-corrected chi connectivity index (χ1v) is 9.35. The Morgan fingerprint density at radius 3 is 2.44 bits per heavy atom. The second-order valence-corrected chi connectivity index (χ2v) is 8.37. The summed E-state index contributed by atoms with van der Waals surface area (Å²) >= 11 is 4.33. The number of rotatable bonds is 7. The normalized spacial score (nSPS) is 13.4. The van der Waals surface area contributed by atoms with Gasteiger partial charge in [-0.3, -0.25) is 10.2 Å². The van der Waals surface area contributed by atoms with Gasteiger partial charge in [0.2, 0.25) is 5.71 Å². The van der Waals surface area contributed by atoms with Crippen LogP contribution in [0.1, 0.15) is 41.0 Å². The Morgan fingerprint density at radius 2 is 1.93 bits per heavy atom. The predicted molar refractivity (Wildman–Crippen MR) is 113 cm³/mol. The van der Waals surface area contributed by atoms with Crippen molar-refractivity contribution in [3.05, 3.63) is 35.6 Å². The van der Waals surface area contributed by atoms with Crippen molar-refractivity contribution in [2.75, 3.05) is 6.54 Å². The smallest absolute Gasteiger partial charge is 0.259 e. The highest BCUT2D eigenvalue weighted by atomic mass is 32.1. The molecule has 0 bridgehead atoms. The molecule has 0 unspecified atom stereocenters. The number of amidine groups is 1. The van der Waals surface area contributed by atoms with E-state index >= 15 is 0 Å². The van der Waals surface area contributed by atoms with Crippen molar-refractivity contribution in [2.24, 2.45) is 22.1 Å². The molecular formula is C20H31N4O2S+. The van der Waals surface area contributed by atoms with Gasteiger partial charge in [-0.15, -0.1) is 12.6 Å². The minimum absolute atomic E-state index is 0.0624. The fourth-order valence-corrected chi connectivity index (χ4v) is 2.36. The molecule has 0 spiro atoms. The van der Waals surface area contributed by atoms with Crippen LogP contribution in [-0.2, 0) is 4.79 Å². The third kappa shape index (κ3) is 7.09. The molecule has 0 aliphatic heterocycles. The molecule has 0 saturated heterocycles.